The number of amides is 2. The van der Waals surface area contributed by atoms with Gasteiger partial charge < -0.3 is 15.0 Å². The van der Waals surface area contributed by atoms with Crippen molar-refractivity contribution < 1.29 is 14.3 Å². The Morgan fingerprint density at radius 3 is 2.57 bits per heavy atom. The first-order valence-corrected chi connectivity index (χ1v) is 8.13. The minimum absolute atomic E-state index is 0.0127. The number of carbonyl (C=O) groups excluding carboxylic acids is 2. The van der Waals surface area contributed by atoms with E-state index in [0.717, 1.165) is 12.0 Å². The summed E-state index contributed by atoms with van der Waals surface area (Å²) in [5.41, 5.74) is 0.0428. The molecule has 0 radical (unpaired) electrons. The standard InChI is InChI=1S/C18H24N2O3/c1-17(2,3)23-16(22)20-11-14(13-7-5-4-6-8-13)18(12-20)9-10-19-15(18)21/h4-8,14H,9-12H2,1-3H3,(H,19,21)/t14-,18+/m1/s1. The molecule has 1 aromatic carbocycles. The zero-order chi connectivity index (χ0) is 16.7. The van der Waals surface area contributed by atoms with Gasteiger partial charge in [-0.1, -0.05) is 30.3 Å². The second-order valence-corrected chi connectivity index (χ2v) is 7.49. The highest BCUT2D eigenvalue weighted by Gasteiger charge is 2.56. The molecule has 0 saturated carbocycles. The van der Waals surface area contributed by atoms with Crippen LogP contribution in [0.15, 0.2) is 30.3 Å². The maximum Gasteiger partial charge on any atom is 0.410 e. The summed E-state index contributed by atoms with van der Waals surface area (Å²) in [6.07, 6.45) is 0.417. The molecule has 2 fully saturated rings. The van der Waals surface area contributed by atoms with Gasteiger partial charge in [-0.05, 0) is 32.8 Å². The molecule has 5 heteroatoms. The molecule has 2 aliphatic heterocycles. The SMILES string of the molecule is CC(C)(C)OC(=O)N1C[C@H](c2ccccc2)[C@]2(CCNC2=O)C1. The summed E-state index contributed by atoms with van der Waals surface area (Å²) in [6, 6.07) is 10.00. The van der Waals surface area contributed by atoms with E-state index < -0.39 is 11.0 Å². The van der Waals surface area contributed by atoms with Crippen LogP contribution in [0.3, 0.4) is 0 Å². The van der Waals surface area contributed by atoms with E-state index >= 15 is 0 Å². The molecule has 0 unspecified atom stereocenters. The minimum atomic E-state index is -0.535. The van der Waals surface area contributed by atoms with Gasteiger partial charge in [-0.3, -0.25) is 4.79 Å². The lowest BCUT2D eigenvalue weighted by atomic mass is 9.73. The van der Waals surface area contributed by atoms with Crippen LogP contribution in [0.4, 0.5) is 4.79 Å². The topological polar surface area (TPSA) is 58.6 Å². The van der Waals surface area contributed by atoms with E-state index in [4.69, 9.17) is 4.74 Å². The van der Waals surface area contributed by atoms with Gasteiger partial charge in [0.15, 0.2) is 0 Å². The van der Waals surface area contributed by atoms with Crippen LogP contribution in [-0.4, -0.2) is 42.1 Å². The van der Waals surface area contributed by atoms with Gasteiger partial charge in [0.25, 0.3) is 0 Å². The van der Waals surface area contributed by atoms with Gasteiger partial charge in [0, 0.05) is 25.6 Å². The molecule has 2 amide bonds. The van der Waals surface area contributed by atoms with Crippen LogP contribution in [0.2, 0.25) is 0 Å². The highest BCUT2D eigenvalue weighted by Crippen LogP contribution is 2.47. The van der Waals surface area contributed by atoms with Crippen molar-refractivity contribution in [3.05, 3.63) is 35.9 Å². The molecule has 1 spiro atoms. The number of rotatable bonds is 1. The Balaban J connectivity index is 1.89. The van der Waals surface area contributed by atoms with Gasteiger partial charge in [0.05, 0.1) is 5.41 Å². The van der Waals surface area contributed by atoms with E-state index in [2.05, 4.69) is 5.32 Å². The van der Waals surface area contributed by atoms with Crippen LogP contribution in [0.5, 0.6) is 0 Å². The van der Waals surface area contributed by atoms with Crippen molar-refractivity contribution in [2.75, 3.05) is 19.6 Å². The summed E-state index contributed by atoms with van der Waals surface area (Å²) in [5.74, 6) is 0.0659. The molecule has 3 rings (SSSR count). The summed E-state index contributed by atoms with van der Waals surface area (Å²) in [6.45, 7) is 7.18. The van der Waals surface area contributed by atoms with Gasteiger partial charge in [-0.15, -0.1) is 0 Å². The van der Waals surface area contributed by atoms with E-state index in [1.54, 1.807) is 4.90 Å². The number of ether oxygens (including phenoxy) is 1. The van der Waals surface area contributed by atoms with Crippen LogP contribution in [0.25, 0.3) is 0 Å². The summed E-state index contributed by atoms with van der Waals surface area (Å²) in [4.78, 5) is 26.7. The fourth-order valence-corrected chi connectivity index (χ4v) is 3.66. The first-order valence-electron chi connectivity index (χ1n) is 8.13. The Morgan fingerprint density at radius 2 is 2.00 bits per heavy atom. The highest BCUT2D eigenvalue weighted by atomic mass is 16.6. The van der Waals surface area contributed by atoms with Crippen molar-refractivity contribution in [3.63, 3.8) is 0 Å². The normalized spacial score (nSPS) is 27.3. The van der Waals surface area contributed by atoms with E-state index in [1.165, 1.54) is 0 Å². The van der Waals surface area contributed by atoms with Crippen molar-refractivity contribution in [2.45, 2.75) is 38.7 Å². The molecular formula is C18H24N2O3. The second-order valence-electron chi connectivity index (χ2n) is 7.49. The molecule has 5 nitrogen and oxygen atoms in total. The van der Waals surface area contributed by atoms with Crippen LogP contribution in [0.1, 0.15) is 38.7 Å². The fraction of sp³-hybridized carbons (Fsp3) is 0.556. The smallest absolute Gasteiger partial charge is 0.410 e. The monoisotopic (exact) mass is 316 g/mol. The molecule has 2 heterocycles. The number of nitrogens with one attached hydrogen (secondary N) is 1. The average molecular weight is 316 g/mol. The third-order valence-corrected chi connectivity index (χ3v) is 4.71. The zero-order valence-electron chi connectivity index (χ0n) is 14.0. The summed E-state index contributed by atoms with van der Waals surface area (Å²) < 4.78 is 5.50. The predicted molar refractivity (Wildman–Crippen MR) is 87.0 cm³/mol. The predicted octanol–water partition coefficient (Wildman–Crippen LogP) is 2.53. The third kappa shape index (κ3) is 2.92. The summed E-state index contributed by atoms with van der Waals surface area (Å²) in [5, 5.41) is 2.94. The lowest BCUT2D eigenvalue weighted by Gasteiger charge is -2.27. The molecule has 1 N–H and O–H groups in total. The van der Waals surface area contributed by atoms with E-state index in [0.29, 0.717) is 19.6 Å². The fourth-order valence-electron chi connectivity index (χ4n) is 3.66. The maximum absolute atomic E-state index is 12.5. The second kappa shape index (κ2) is 5.55. The molecule has 0 bridgehead atoms. The number of nitrogens with zero attached hydrogens (tertiary/aromatic N) is 1. The van der Waals surface area contributed by atoms with Gasteiger partial charge in [-0.2, -0.15) is 0 Å². The lowest BCUT2D eigenvalue weighted by molar-refractivity contribution is -0.127. The zero-order valence-corrected chi connectivity index (χ0v) is 14.0. The van der Waals surface area contributed by atoms with Crippen molar-refractivity contribution in [2.24, 2.45) is 5.41 Å². The first-order chi connectivity index (χ1) is 10.8. The Labute approximate surface area is 137 Å². The molecule has 0 aromatic heterocycles. The highest BCUT2D eigenvalue weighted by molar-refractivity contribution is 5.87. The van der Waals surface area contributed by atoms with Crippen molar-refractivity contribution in [1.29, 1.82) is 0 Å². The number of hydrogen-bond donors (Lipinski definition) is 1. The molecular weight excluding hydrogens is 292 g/mol. The Morgan fingerprint density at radius 1 is 1.30 bits per heavy atom. The molecule has 23 heavy (non-hydrogen) atoms. The Kier molecular flexibility index (Phi) is 3.82. The van der Waals surface area contributed by atoms with Crippen LogP contribution in [0, 0.1) is 5.41 Å². The number of likely N-dealkylation sites (tertiary alicyclic amines) is 1. The number of carbonyl (C=O) groups is 2. The number of hydrogen-bond acceptors (Lipinski definition) is 3. The molecule has 2 saturated heterocycles. The largest absolute Gasteiger partial charge is 0.444 e. The van der Waals surface area contributed by atoms with Crippen LogP contribution in [-0.2, 0) is 9.53 Å². The summed E-state index contributed by atoms with van der Waals surface area (Å²) >= 11 is 0. The maximum atomic E-state index is 12.5. The molecule has 124 valence electrons. The van der Waals surface area contributed by atoms with Crippen molar-refractivity contribution in [3.8, 4) is 0 Å². The third-order valence-electron chi connectivity index (χ3n) is 4.71. The summed E-state index contributed by atoms with van der Waals surface area (Å²) in [7, 11) is 0. The van der Waals surface area contributed by atoms with Gasteiger partial charge in [0.1, 0.15) is 5.60 Å². The van der Waals surface area contributed by atoms with Gasteiger partial charge >= 0.3 is 6.09 Å². The quantitative estimate of drug-likeness (QED) is 0.866. The lowest BCUT2D eigenvalue weighted by Crippen LogP contribution is -2.40. The molecule has 1 aromatic rings. The van der Waals surface area contributed by atoms with Crippen LogP contribution >= 0.6 is 0 Å². The minimum Gasteiger partial charge on any atom is -0.444 e. The van der Waals surface area contributed by atoms with E-state index in [1.807, 2.05) is 51.1 Å². The van der Waals surface area contributed by atoms with E-state index in [-0.39, 0.29) is 17.9 Å². The molecule has 2 aliphatic rings. The molecule has 0 aliphatic carbocycles. The average Bonchev–Trinajstić information content (AvgIpc) is 3.04. The number of benzene rings is 1. The van der Waals surface area contributed by atoms with Gasteiger partial charge in [-0.25, -0.2) is 4.79 Å². The van der Waals surface area contributed by atoms with Gasteiger partial charge in [0.2, 0.25) is 5.91 Å². The van der Waals surface area contributed by atoms with Crippen LogP contribution < -0.4 is 5.32 Å². The van der Waals surface area contributed by atoms with E-state index in [9.17, 15) is 9.59 Å². The first kappa shape index (κ1) is 15.8. The Bertz CT molecular complexity index is 608. The Hall–Kier alpha value is -2.04. The molecule has 2 atom stereocenters. The van der Waals surface area contributed by atoms with Crippen molar-refractivity contribution >= 4 is 12.0 Å². The van der Waals surface area contributed by atoms with Crippen molar-refractivity contribution in [1.82, 2.24) is 10.2 Å².